The van der Waals surface area contributed by atoms with Crippen LogP contribution in [0.1, 0.15) is 41.5 Å². The number of fused-ring (bicyclic) bond motifs is 1. The number of likely N-dealkylation sites (N-methyl/N-ethyl adjacent to an activating group) is 1. The lowest BCUT2D eigenvalue weighted by atomic mass is 10.1. The van der Waals surface area contributed by atoms with Crippen molar-refractivity contribution in [2.75, 3.05) is 19.6 Å². The molecule has 0 saturated heterocycles. The number of hydrogen-bond donors (Lipinski definition) is 1. The first-order valence-corrected chi connectivity index (χ1v) is 9.99. The zero-order valence-electron chi connectivity index (χ0n) is 15.5. The minimum Gasteiger partial charge on any atom is -0.350 e. The van der Waals surface area contributed by atoms with E-state index in [9.17, 15) is 4.79 Å². The van der Waals surface area contributed by atoms with Crippen molar-refractivity contribution in [2.24, 2.45) is 0 Å². The number of thiophene rings is 1. The Kier molecular flexibility index (Phi) is 6.01. The van der Waals surface area contributed by atoms with E-state index in [0.717, 1.165) is 29.7 Å². The van der Waals surface area contributed by atoms with Gasteiger partial charge < -0.3 is 5.32 Å². The summed E-state index contributed by atoms with van der Waals surface area (Å²) in [5, 5.41) is 8.30. The van der Waals surface area contributed by atoms with Gasteiger partial charge in [0.2, 0.25) is 0 Å². The largest absolute Gasteiger partial charge is 0.350 e. The number of benzene rings is 1. The van der Waals surface area contributed by atoms with Gasteiger partial charge in [0.15, 0.2) is 0 Å². The average molecular weight is 368 g/mol. The summed E-state index contributed by atoms with van der Waals surface area (Å²) in [6.07, 6.45) is 0. The van der Waals surface area contributed by atoms with Crippen LogP contribution in [0, 0.1) is 6.92 Å². The minimum atomic E-state index is -0.0425. The highest BCUT2D eigenvalue weighted by Gasteiger charge is 2.20. The maximum Gasteiger partial charge on any atom is 0.252 e. The second-order valence-electron chi connectivity index (χ2n) is 6.33. The molecule has 2 heterocycles. The van der Waals surface area contributed by atoms with Gasteiger partial charge in [-0.3, -0.25) is 14.7 Å². The van der Waals surface area contributed by atoms with Crippen LogP contribution < -0.4 is 5.32 Å². The Morgan fingerprint density at radius 3 is 2.69 bits per heavy atom. The Morgan fingerprint density at radius 2 is 2.00 bits per heavy atom. The Bertz CT molecular complexity index is 872. The van der Waals surface area contributed by atoms with Gasteiger partial charge in [0.05, 0.1) is 17.1 Å². The standard InChI is InChI=1S/C21H25N3OS/c1-4-24(5-2)20(16-10-11-26-14-16)13-22-21(25)18-12-15(3)23-19-9-7-6-8-17(18)19/h6-12,14,20H,4-5,13H2,1-3H3,(H,22,25). The molecule has 0 saturated carbocycles. The molecule has 1 aromatic carbocycles. The molecule has 26 heavy (non-hydrogen) atoms. The number of aromatic nitrogens is 1. The van der Waals surface area contributed by atoms with Gasteiger partial charge in [-0.05, 0) is 54.5 Å². The van der Waals surface area contributed by atoms with Gasteiger partial charge in [-0.1, -0.05) is 32.0 Å². The minimum absolute atomic E-state index is 0.0425. The highest BCUT2D eigenvalue weighted by atomic mass is 32.1. The fraction of sp³-hybridized carbons (Fsp3) is 0.333. The van der Waals surface area contributed by atoms with Gasteiger partial charge in [0, 0.05) is 17.6 Å². The summed E-state index contributed by atoms with van der Waals surface area (Å²) in [4.78, 5) is 19.8. The fourth-order valence-electron chi connectivity index (χ4n) is 3.37. The maximum absolute atomic E-state index is 12.9. The summed E-state index contributed by atoms with van der Waals surface area (Å²) in [7, 11) is 0. The van der Waals surface area contributed by atoms with Crippen molar-refractivity contribution in [3.05, 3.63) is 64.0 Å². The molecule has 1 unspecified atom stereocenters. The molecule has 0 spiro atoms. The maximum atomic E-state index is 12.9. The first-order valence-electron chi connectivity index (χ1n) is 9.04. The topological polar surface area (TPSA) is 45.2 Å². The Labute approximate surface area is 158 Å². The monoisotopic (exact) mass is 367 g/mol. The third kappa shape index (κ3) is 3.94. The summed E-state index contributed by atoms with van der Waals surface area (Å²) in [6.45, 7) is 8.73. The summed E-state index contributed by atoms with van der Waals surface area (Å²) in [5.41, 5.74) is 3.66. The van der Waals surface area contributed by atoms with E-state index in [-0.39, 0.29) is 11.9 Å². The van der Waals surface area contributed by atoms with E-state index < -0.39 is 0 Å². The van der Waals surface area contributed by atoms with Crippen molar-refractivity contribution in [1.82, 2.24) is 15.2 Å². The predicted molar refractivity (Wildman–Crippen MR) is 109 cm³/mol. The zero-order valence-corrected chi connectivity index (χ0v) is 16.3. The highest BCUT2D eigenvalue weighted by Crippen LogP contribution is 2.23. The van der Waals surface area contributed by atoms with Gasteiger partial charge in [0.1, 0.15) is 0 Å². The van der Waals surface area contributed by atoms with Crippen molar-refractivity contribution in [2.45, 2.75) is 26.8 Å². The van der Waals surface area contributed by atoms with E-state index in [1.165, 1.54) is 5.56 Å². The van der Waals surface area contributed by atoms with Crippen LogP contribution in [0.25, 0.3) is 10.9 Å². The van der Waals surface area contributed by atoms with E-state index in [0.29, 0.717) is 12.1 Å². The van der Waals surface area contributed by atoms with E-state index in [1.54, 1.807) is 11.3 Å². The lowest BCUT2D eigenvalue weighted by molar-refractivity contribution is 0.0936. The molecule has 0 fully saturated rings. The third-order valence-electron chi connectivity index (χ3n) is 4.73. The second-order valence-corrected chi connectivity index (χ2v) is 7.11. The van der Waals surface area contributed by atoms with Crippen LogP contribution in [-0.2, 0) is 0 Å². The molecule has 1 atom stereocenters. The summed E-state index contributed by atoms with van der Waals surface area (Å²) in [6, 6.07) is 12.0. The number of para-hydroxylation sites is 1. The van der Waals surface area contributed by atoms with Crippen LogP contribution in [-0.4, -0.2) is 35.4 Å². The van der Waals surface area contributed by atoms with Crippen molar-refractivity contribution in [3.63, 3.8) is 0 Å². The molecular formula is C21H25N3OS. The lowest BCUT2D eigenvalue weighted by Crippen LogP contribution is -2.38. The molecule has 1 N–H and O–H groups in total. The number of hydrogen-bond acceptors (Lipinski definition) is 4. The number of carbonyl (C=O) groups excluding carboxylic acids is 1. The van der Waals surface area contributed by atoms with Gasteiger partial charge in [0.25, 0.3) is 5.91 Å². The average Bonchev–Trinajstić information content (AvgIpc) is 3.18. The predicted octanol–water partition coefficient (Wildman–Crippen LogP) is 4.42. The molecule has 136 valence electrons. The van der Waals surface area contributed by atoms with E-state index in [4.69, 9.17) is 0 Å². The SMILES string of the molecule is CCN(CC)C(CNC(=O)c1cc(C)nc2ccccc12)c1ccsc1. The molecule has 1 amide bonds. The summed E-state index contributed by atoms with van der Waals surface area (Å²) in [5.74, 6) is -0.0425. The number of aryl methyl sites for hydroxylation is 1. The highest BCUT2D eigenvalue weighted by molar-refractivity contribution is 7.07. The Hall–Kier alpha value is -2.24. The number of pyridine rings is 1. The molecule has 2 aromatic heterocycles. The quantitative estimate of drug-likeness (QED) is 0.672. The van der Waals surface area contributed by atoms with Gasteiger partial charge >= 0.3 is 0 Å². The lowest BCUT2D eigenvalue weighted by Gasteiger charge is -2.29. The molecule has 0 aliphatic carbocycles. The second kappa shape index (κ2) is 8.43. The molecule has 0 radical (unpaired) electrons. The van der Waals surface area contributed by atoms with E-state index in [2.05, 4.69) is 45.9 Å². The van der Waals surface area contributed by atoms with Crippen LogP contribution in [0.2, 0.25) is 0 Å². The molecular weight excluding hydrogens is 342 g/mol. The molecule has 4 nitrogen and oxygen atoms in total. The Balaban J connectivity index is 1.83. The number of nitrogens with one attached hydrogen (secondary N) is 1. The van der Waals surface area contributed by atoms with Gasteiger partial charge in [-0.25, -0.2) is 0 Å². The summed E-state index contributed by atoms with van der Waals surface area (Å²) < 4.78 is 0. The molecule has 0 bridgehead atoms. The molecule has 0 aliphatic rings. The number of rotatable bonds is 7. The van der Waals surface area contributed by atoms with Crippen LogP contribution >= 0.6 is 11.3 Å². The van der Waals surface area contributed by atoms with Gasteiger partial charge in [-0.2, -0.15) is 11.3 Å². The third-order valence-corrected chi connectivity index (χ3v) is 5.43. The number of carbonyl (C=O) groups is 1. The van der Waals surface area contributed by atoms with Crippen molar-refractivity contribution in [3.8, 4) is 0 Å². The first-order chi connectivity index (χ1) is 12.6. The van der Waals surface area contributed by atoms with Crippen molar-refractivity contribution < 1.29 is 4.79 Å². The first kappa shape index (κ1) is 18.5. The zero-order chi connectivity index (χ0) is 18.5. The molecule has 0 aliphatic heterocycles. The van der Waals surface area contributed by atoms with Crippen molar-refractivity contribution in [1.29, 1.82) is 0 Å². The van der Waals surface area contributed by atoms with Crippen LogP contribution in [0.4, 0.5) is 0 Å². The van der Waals surface area contributed by atoms with Crippen LogP contribution in [0.5, 0.6) is 0 Å². The molecule has 3 rings (SSSR count). The smallest absolute Gasteiger partial charge is 0.252 e. The Morgan fingerprint density at radius 1 is 1.23 bits per heavy atom. The van der Waals surface area contributed by atoms with E-state index in [1.807, 2.05) is 37.3 Å². The number of amides is 1. The molecule has 5 heteroatoms. The molecule has 3 aromatic rings. The van der Waals surface area contributed by atoms with Crippen LogP contribution in [0.15, 0.2) is 47.2 Å². The normalized spacial score (nSPS) is 12.5. The van der Waals surface area contributed by atoms with E-state index >= 15 is 0 Å². The fourth-order valence-corrected chi connectivity index (χ4v) is 4.07. The van der Waals surface area contributed by atoms with Gasteiger partial charge in [-0.15, -0.1) is 0 Å². The van der Waals surface area contributed by atoms with Crippen LogP contribution in [0.3, 0.4) is 0 Å². The summed E-state index contributed by atoms with van der Waals surface area (Å²) >= 11 is 1.69. The number of nitrogens with zero attached hydrogens (tertiary/aromatic N) is 2. The van der Waals surface area contributed by atoms with Crippen molar-refractivity contribution >= 4 is 28.1 Å².